The zero-order chi connectivity index (χ0) is 12.4. The van der Waals surface area contributed by atoms with Crippen LogP contribution in [-0.4, -0.2) is 0 Å². The Morgan fingerprint density at radius 3 is 2.18 bits per heavy atom. The number of halogens is 3. The summed E-state index contributed by atoms with van der Waals surface area (Å²) in [5.41, 5.74) is 7.76. The molecule has 88 valence electrons. The van der Waals surface area contributed by atoms with Gasteiger partial charge in [0.25, 0.3) is 0 Å². The highest BCUT2D eigenvalue weighted by molar-refractivity contribution is 6.34. The second kappa shape index (κ2) is 5.28. The van der Waals surface area contributed by atoms with Gasteiger partial charge in [-0.05, 0) is 35.4 Å². The zero-order valence-corrected chi connectivity index (χ0v) is 11.1. The van der Waals surface area contributed by atoms with Crippen LogP contribution in [0, 0.1) is 0 Å². The minimum atomic E-state index is -0.380. The molecule has 17 heavy (non-hydrogen) atoms. The molecule has 4 heteroatoms. The third-order valence-electron chi connectivity index (χ3n) is 2.53. The van der Waals surface area contributed by atoms with E-state index in [1.807, 2.05) is 18.2 Å². The van der Waals surface area contributed by atoms with E-state index in [1.54, 1.807) is 24.3 Å². The van der Waals surface area contributed by atoms with Crippen LogP contribution in [0.1, 0.15) is 17.2 Å². The molecule has 2 N–H and O–H groups in total. The third-order valence-corrected chi connectivity index (χ3v) is 3.46. The molecule has 0 amide bonds. The minimum absolute atomic E-state index is 0.380. The molecule has 0 aromatic heterocycles. The highest BCUT2D eigenvalue weighted by Gasteiger charge is 2.15. The molecule has 1 unspecified atom stereocenters. The second-order valence-electron chi connectivity index (χ2n) is 3.67. The zero-order valence-electron chi connectivity index (χ0n) is 8.83. The molecule has 0 saturated carbocycles. The highest BCUT2D eigenvalue weighted by atomic mass is 35.5. The SMILES string of the molecule is NC(c1ccccc1Cl)c1cc(Cl)ccc1Cl. The van der Waals surface area contributed by atoms with Gasteiger partial charge in [-0.15, -0.1) is 0 Å². The van der Waals surface area contributed by atoms with Crippen molar-refractivity contribution in [2.24, 2.45) is 5.73 Å². The lowest BCUT2D eigenvalue weighted by molar-refractivity contribution is 0.872. The first-order valence-corrected chi connectivity index (χ1v) is 6.18. The fourth-order valence-electron chi connectivity index (χ4n) is 1.65. The molecule has 1 atom stereocenters. The molecule has 0 spiro atoms. The summed E-state index contributed by atoms with van der Waals surface area (Å²) in [7, 11) is 0. The maximum atomic E-state index is 6.16. The van der Waals surface area contributed by atoms with Crippen molar-refractivity contribution in [3.05, 3.63) is 68.7 Å². The Bertz CT molecular complexity index is 540. The first-order valence-electron chi connectivity index (χ1n) is 5.04. The smallest absolute Gasteiger partial charge is 0.0581 e. The van der Waals surface area contributed by atoms with Crippen molar-refractivity contribution in [3.63, 3.8) is 0 Å². The molecule has 2 rings (SSSR count). The Morgan fingerprint density at radius 2 is 1.47 bits per heavy atom. The summed E-state index contributed by atoms with van der Waals surface area (Å²) in [5.74, 6) is 0. The first kappa shape index (κ1) is 12.7. The molecule has 0 aliphatic heterocycles. The van der Waals surface area contributed by atoms with Crippen LogP contribution in [0.3, 0.4) is 0 Å². The van der Waals surface area contributed by atoms with Crippen LogP contribution < -0.4 is 5.73 Å². The largest absolute Gasteiger partial charge is 0.320 e. The Labute approximate surface area is 115 Å². The molecule has 0 fully saturated rings. The molecule has 0 saturated heterocycles. The van der Waals surface area contributed by atoms with Crippen LogP contribution in [0.15, 0.2) is 42.5 Å². The number of nitrogens with two attached hydrogens (primary N) is 1. The molecule has 0 heterocycles. The number of hydrogen-bond donors (Lipinski definition) is 1. The molecule has 0 aliphatic rings. The maximum Gasteiger partial charge on any atom is 0.0581 e. The molecule has 0 aliphatic carbocycles. The molecule has 0 bridgehead atoms. The van der Waals surface area contributed by atoms with Crippen molar-refractivity contribution >= 4 is 34.8 Å². The maximum absolute atomic E-state index is 6.16. The van der Waals surface area contributed by atoms with E-state index >= 15 is 0 Å². The minimum Gasteiger partial charge on any atom is -0.320 e. The van der Waals surface area contributed by atoms with Gasteiger partial charge in [-0.25, -0.2) is 0 Å². The summed E-state index contributed by atoms with van der Waals surface area (Å²) in [5, 5.41) is 1.81. The summed E-state index contributed by atoms with van der Waals surface area (Å²) in [6.45, 7) is 0. The Hall–Kier alpha value is -0.730. The van der Waals surface area contributed by atoms with Gasteiger partial charge in [0.1, 0.15) is 0 Å². The van der Waals surface area contributed by atoms with E-state index in [0.29, 0.717) is 15.1 Å². The van der Waals surface area contributed by atoms with Gasteiger partial charge in [-0.1, -0.05) is 53.0 Å². The average molecular weight is 287 g/mol. The summed E-state index contributed by atoms with van der Waals surface area (Å²) < 4.78 is 0. The quantitative estimate of drug-likeness (QED) is 0.851. The van der Waals surface area contributed by atoms with Crippen LogP contribution in [-0.2, 0) is 0 Å². The van der Waals surface area contributed by atoms with Gasteiger partial charge in [-0.3, -0.25) is 0 Å². The van der Waals surface area contributed by atoms with Crippen molar-refractivity contribution < 1.29 is 0 Å². The molecule has 1 nitrogen and oxygen atoms in total. The monoisotopic (exact) mass is 285 g/mol. The van der Waals surface area contributed by atoms with E-state index in [1.165, 1.54) is 0 Å². The molecular weight excluding hydrogens is 277 g/mol. The second-order valence-corrected chi connectivity index (χ2v) is 4.92. The van der Waals surface area contributed by atoms with Gasteiger partial charge < -0.3 is 5.73 Å². The van der Waals surface area contributed by atoms with Gasteiger partial charge in [0.2, 0.25) is 0 Å². The van der Waals surface area contributed by atoms with Crippen LogP contribution in [0.5, 0.6) is 0 Å². The fraction of sp³-hybridized carbons (Fsp3) is 0.0769. The molecule has 2 aromatic rings. The lowest BCUT2D eigenvalue weighted by Crippen LogP contribution is -2.12. The van der Waals surface area contributed by atoms with E-state index in [4.69, 9.17) is 40.5 Å². The third kappa shape index (κ3) is 2.75. The van der Waals surface area contributed by atoms with Crippen molar-refractivity contribution in [2.45, 2.75) is 6.04 Å². The summed E-state index contributed by atoms with van der Waals surface area (Å²) in [4.78, 5) is 0. The highest BCUT2D eigenvalue weighted by Crippen LogP contribution is 2.32. The van der Waals surface area contributed by atoms with Crippen molar-refractivity contribution in [1.82, 2.24) is 0 Å². The van der Waals surface area contributed by atoms with E-state index in [2.05, 4.69) is 0 Å². The Kier molecular flexibility index (Phi) is 3.95. The molecular formula is C13H10Cl3N. The topological polar surface area (TPSA) is 26.0 Å². The van der Waals surface area contributed by atoms with Crippen molar-refractivity contribution in [2.75, 3.05) is 0 Å². The summed E-state index contributed by atoms with van der Waals surface area (Å²) in [6, 6.07) is 12.3. The van der Waals surface area contributed by atoms with Crippen LogP contribution in [0.2, 0.25) is 15.1 Å². The Balaban J connectivity index is 2.47. The fourth-order valence-corrected chi connectivity index (χ4v) is 2.32. The van der Waals surface area contributed by atoms with Gasteiger partial charge in [0, 0.05) is 15.1 Å². The van der Waals surface area contributed by atoms with E-state index < -0.39 is 0 Å². The summed E-state index contributed by atoms with van der Waals surface area (Å²) >= 11 is 18.2. The van der Waals surface area contributed by atoms with Crippen LogP contribution in [0.25, 0.3) is 0 Å². The van der Waals surface area contributed by atoms with Gasteiger partial charge in [0.15, 0.2) is 0 Å². The predicted octanol–water partition coefficient (Wildman–Crippen LogP) is 4.69. The van der Waals surface area contributed by atoms with E-state index in [-0.39, 0.29) is 6.04 Å². The summed E-state index contributed by atoms with van der Waals surface area (Å²) in [6.07, 6.45) is 0. The first-order chi connectivity index (χ1) is 8.09. The van der Waals surface area contributed by atoms with E-state index in [9.17, 15) is 0 Å². The lowest BCUT2D eigenvalue weighted by Gasteiger charge is -2.15. The van der Waals surface area contributed by atoms with Gasteiger partial charge in [0.05, 0.1) is 6.04 Å². The standard InChI is InChI=1S/C13H10Cl3N/c14-8-5-6-12(16)10(7-8)13(17)9-3-1-2-4-11(9)15/h1-7,13H,17H2. The predicted molar refractivity (Wildman–Crippen MR) is 73.9 cm³/mol. The number of rotatable bonds is 2. The molecule has 0 radical (unpaired) electrons. The number of benzene rings is 2. The number of hydrogen-bond acceptors (Lipinski definition) is 1. The van der Waals surface area contributed by atoms with Gasteiger partial charge in [-0.2, -0.15) is 0 Å². The van der Waals surface area contributed by atoms with Crippen LogP contribution in [0.4, 0.5) is 0 Å². The van der Waals surface area contributed by atoms with E-state index in [0.717, 1.165) is 11.1 Å². The average Bonchev–Trinajstić information content (AvgIpc) is 2.32. The van der Waals surface area contributed by atoms with Crippen molar-refractivity contribution in [1.29, 1.82) is 0 Å². The molecule has 2 aromatic carbocycles. The van der Waals surface area contributed by atoms with Crippen LogP contribution >= 0.6 is 34.8 Å². The Morgan fingerprint density at radius 1 is 0.824 bits per heavy atom. The lowest BCUT2D eigenvalue weighted by atomic mass is 9.99. The normalized spacial score (nSPS) is 12.5. The van der Waals surface area contributed by atoms with Crippen molar-refractivity contribution in [3.8, 4) is 0 Å². The van der Waals surface area contributed by atoms with Gasteiger partial charge >= 0.3 is 0 Å².